The smallest absolute Gasteiger partial charge is 0.255 e. The van der Waals surface area contributed by atoms with Crippen molar-refractivity contribution in [1.29, 1.82) is 0 Å². The Hall–Kier alpha value is -3.03. The Labute approximate surface area is 163 Å². The molecule has 1 aliphatic rings. The monoisotopic (exact) mass is 381 g/mol. The van der Waals surface area contributed by atoms with Crippen molar-refractivity contribution in [2.24, 2.45) is 5.10 Å². The summed E-state index contributed by atoms with van der Waals surface area (Å²) in [5.74, 6) is -1.34. The zero-order valence-corrected chi connectivity index (χ0v) is 15.9. The van der Waals surface area contributed by atoms with Crippen LogP contribution in [0, 0.1) is 0 Å². The molecule has 2 aromatic carbocycles. The van der Waals surface area contributed by atoms with Crippen LogP contribution in [0.15, 0.2) is 59.7 Å². The number of hydrogen-bond acceptors (Lipinski definition) is 5. The predicted molar refractivity (Wildman–Crippen MR) is 106 cm³/mol. The van der Waals surface area contributed by atoms with Crippen LogP contribution < -0.4 is 10.7 Å². The molecule has 7 heteroatoms. The topological polar surface area (TPSA) is 89.0 Å². The summed E-state index contributed by atoms with van der Waals surface area (Å²) < 4.78 is 10.8. The second-order valence-electron chi connectivity index (χ2n) is 6.64. The second-order valence-corrected chi connectivity index (χ2v) is 6.64. The van der Waals surface area contributed by atoms with Gasteiger partial charge in [0, 0.05) is 11.3 Å². The minimum absolute atomic E-state index is 0.0776. The lowest BCUT2D eigenvalue weighted by Crippen LogP contribution is -2.33. The number of carbonyl (C=O) groups excluding carboxylic acids is 2. The van der Waals surface area contributed by atoms with E-state index in [9.17, 15) is 9.59 Å². The maximum Gasteiger partial charge on any atom is 0.255 e. The van der Waals surface area contributed by atoms with Crippen LogP contribution in [0.4, 0.5) is 5.69 Å². The standard InChI is InChI=1S/C21H23N3O4/c1-15(23-24-19(25)14-21(2)27-12-13-28-21)16-8-10-18(11-9-16)22-20(26)17-6-4-3-5-7-17/h3-11H,12-14H2,1-2H3,(H,22,26)(H,24,25)/b23-15-. The third-order valence-electron chi connectivity index (χ3n) is 4.32. The lowest BCUT2D eigenvalue weighted by molar-refractivity contribution is -0.159. The zero-order valence-electron chi connectivity index (χ0n) is 15.9. The molecule has 2 N–H and O–H groups in total. The molecule has 2 amide bonds. The van der Waals surface area contributed by atoms with E-state index in [0.29, 0.717) is 30.2 Å². The highest BCUT2D eigenvalue weighted by Gasteiger charge is 2.33. The average molecular weight is 381 g/mol. The van der Waals surface area contributed by atoms with E-state index in [1.165, 1.54) is 0 Å². The molecule has 0 aliphatic carbocycles. The highest BCUT2D eigenvalue weighted by Crippen LogP contribution is 2.22. The first-order valence-corrected chi connectivity index (χ1v) is 9.03. The van der Waals surface area contributed by atoms with Gasteiger partial charge in [-0.15, -0.1) is 0 Å². The van der Waals surface area contributed by atoms with Crippen LogP contribution in [0.1, 0.15) is 36.2 Å². The van der Waals surface area contributed by atoms with E-state index < -0.39 is 5.79 Å². The molecule has 0 radical (unpaired) electrons. The van der Waals surface area contributed by atoms with Crippen LogP contribution in [-0.2, 0) is 14.3 Å². The second kappa shape index (κ2) is 8.77. The number of anilines is 1. The van der Waals surface area contributed by atoms with Crippen molar-refractivity contribution in [3.63, 3.8) is 0 Å². The van der Waals surface area contributed by atoms with Gasteiger partial charge in [-0.2, -0.15) is 5.10 Å². The molecule has 1 heterocycles. The van der Waals surface area contributed by atoms with Crippen LogP contribution in [0.25, 0.3) is 0 Å². The zero-order chi connectivity index (χ0) is 20.0. The van der Waals surface area contributed by atoms with Gasteiger partial charge in [0.25, 0.3) is 5.91 Å². The Bertz CT molecular complexity index is 857. The van der Waals surface area contributed by atoms with Crippen molar-refractivity contribution in [3.05, 3.63) is 65.7 Å². The van der Waals surface area contributed by atoms with Gasteiger partial charge in [-0.25, -0.2) is 5.43 Å². The van der Waals surface area contributed by atoms with Gasteiger partial charge in [0.2, 0.25) is 5.91 Å². The van der Waals surface area contributed by atoms with Gasteiger partial charge in [0.15, 0.2) is 5.79 Å². The lowest BCUT2D eigenvalue weighted by Gasteiger charge is -2.20. The van der Waals surface area contributed by atoms with Crippen LogP contribution in [0.3, 0.4) is 0 Å². The number of nitrogens with one attached hydrogen (secondary N) is 2. The fraction of sp³-hybridized carbons (Fsp3) is 0.286. The number of hydrogen-bond donors (Lipinski definition) is 2. The van der Waals surface area contributed by atoms with Crippen molar-refractivity contribution >= 4 is 23.2 Å². The Morgan fingerprint density at radius 3 is 2.29 bits per heavy atom. The number of rotatable bonds is 6. The largest absolute Gasteiger partial charge is 0.347 e. The summed E-state index contributed by atoms with van der Waals surface area (Å²) in [6, 6.07) is 16.2. The van der Waals surface area contributed by atoms with Crippen LogP contribution in [0.5, 0.6) is 0 Å². The predicted octanol–water partition coefficient (Wildman–Crippen LogP) is 2.93. The fourth-order valence-corrected chi connectivity index (χ4v) is 2.79. The van der Waals surface area contributed by atoms with Crippen LogP contribution in [0.2, 0.25) is 0 Å². The quantitative estimate of drug-likeness (QED) is 0.595. The molecule has 0 aromatic heterocycles. The molecule has 0 unspecified atom stereocenters. The van der Waals surface area contributed by atoms with Gasteiger partial charge in [0.1, 0.15) is 0 Å². The number of ether oxygens (including phenoxy) is 2. The number of nitrogens with zero attached hydrogens (tertiary/aromatic N) is 1. The van der Waals surface area contributed by atoms with E-state index in [0.717, 1.165) is 5.56 Å². The highest BCUT2D eigenvalue weighted by atomic mass is 16.7. The van der Waals surface area contributed by atoms with Gasteiger partial charge >= 0.3 is 0 Å². The summed E-state index contributed by atoms with van der Waals surface area (Å²) in [6.07, 6.45) is 0.0776. The third-order valence-corrected chi connectivity index (χ3v) is 4.32. The minimum Gasteiger partial charge on any atom is -0.347 e. The number of carbonyl (C=O) groups is 2. The SMILES string of the molecule is C/C(=N/NC(=O)CC1(C)OCCO1)c1ccc(NC(=O)c2ccccc2)cc1. The molecule has 0 atom stereocenters. The molecule has 0 saturated carbocycles. The summed E-state index contributed by atoms with van der Waals surface area (Å²) in [4.78, 5) is 24.2. The first-order valence-electron chi connectivity index (χ1n) is 9.03. The molecule has 2 aromatic rings. The molecule has 28 heavy (non-hydrogen) atoms. The molecule has 0 spiro atoms. The van der Waals surface area contributed by atoms with Gasteiger partial charge in [-0.05, 0) is 43.7 Å². The maximum absolute atomic E-state index is 12.2. The first-order chi connectivity index (χ1) is 13.5. The summed E-state index contributed by atoms with van der Waals surface area (Å²) >= 11 is 0. The van der Waals surface area contributed by atoms with E-state index >= 15 is 0 Å². The minimum atomic E-state index is -0.883. The van der Waals surface area contributed by atoms with Gasteiger partial charge in [-0.1, -0.05) is 30.3 Å². The normalized spacial score (nSPS) is 15.9. The molecule has 1 saturated heterocycles. The molecule has 0 bridgehead atoms. The lowest BCUT2D eigenvalue weighted by atomic mass is 10.1. The Balaban J connectivity index is 1.55. The number of hydrazone groups is 1. The van der Waals surface area contributed by atoms with Gasteiger partial charge in [0.05, 0.1) is 25.3 Å². The maximum atomic E-state index is 12.2. The Morgan fingerprint density at radius 2 is 1.64 bits per heavy atom. The molecule has 1 fully saturated rings. The number of benzene rings is 2. The fourth-order valence-electron chi connectivity index (χ4n) is 2.79. The molecule has 146 valence electrons. The van der Waals surface area contributed by atoms with Crippen molar-refractivity contribution in [2.45, 2.75) is 26.1 Å². The average Bonchev–Trinajstić information content (AvgIpc) is 3.13. The van der Waals surface area contributed by atoms with Crippen molar-refractivity contribution in [3.8, 4) is 0 Å². The van der Waals surface area contributed by atoms with Crippen molar-refractivity contribution < 1.29 is 19.1 Å². The van der Waals surface area contributed by atoms with E-state index in [1.807, 2.05) is 30.3 Å². The van der Waals surface area contributed by atoms with Crippen molar-refractivity contribution in [1.82, 2.24) is 5.43 Å². The highest BCUT2D eigenvalue weighted by molar-refractivity contribution is 6.05. The Kier molecular flexibility index (Phi) is 6.18. The van der Waals surface area contributed by atoms with E-state index in [1.54, 1.807) is 38.1 Å². The molecular formula is C21H23N3O4. The molecule has 1 aliphatic heterocycles. The van der Waals surface area contributed by atoms with E-state index in [-0.39, 0.29) is 18.2 Å². The summed E-state index contributed by atoms with van der Waals surface area (Å²) in [7, 11) is 0. The van der Waals surface area contributed by atoms with Crippen LogP contribution >= 0.6 is 0 Å². The third kappa shape index (κ3) is 5.25. The Morgan fingerprint density at radius 1 is 1.00 bits per heavy atom. The summed E-state index contributed by atoms with van der Waals surface area (Å²) in [6.45, 7) is 4.50. The molecule has 7 nitrogen and oxygen atoms in total. The van der Waals surface area contributed by atoms with Crippen molar-refractivity contribution in [2.75, 3.05) is 18.5 Å². The van der Waals surface area contributed by atoms with E-state index in [2.05, 4.69) is 15.8 Å². The number of amides is 2. The first kappa shape index (κ1) is 19.7. The van der Waals surface area contributed by atoms with E-state index in [4.69, 9.17) is 9.47 Å². The van der Waals surface area contributed by atoms with Gasteiger partial charge in [-0.3, -0.25) is 9.59 Å². The summed E-state index contributed by atoms with van der Waals surface area (Å²) in [5.41, 5.74) is 5.27. The van der Waals surface area contributed by atoms with Crippen LogP contribution in [-0.4, -0.2) is 36.5 Å². The molecular weight excluding hydrogens is 358 g/mol. The van der Waals surface area contributed by atoms with Gasteiger partial charge < -0.3 is 14.8 Å². The summed E-state index contributed by atoms with van der Waals surface area (Å²) in [5, 5.41) is 6.97. The molecule has 3 rings (SSSR count).